The molecule has 20 nitrogen and oxygen atoms in total. The maximum absolute atomic E-state index is 14.5. The van der Waals surface area contributed by atoms with E-state index in [1.807, 2.05) is 25.3 Å². The van der Waals surface area contributed by atoms with Crippen molar-refractivity contribution in [2.24, 2.45) is 5.73 Å². The van der Waals surface area contributed by atoms with Crippen LogP contribution in [0, 0.1) is 41.8 Å². The Morgan fingerprint density at radius 3 is 1.31 bits per heavy atom. The zero-order valence-corrected chi connectivity index (χ0v) is 57.6. The Kier molecular flexibility index (Phi) is 23.2. The van der Waals surface area contributed by atoms with Crippen molar-refractivity contribution in [3.8, 4) is 39.5 Å². The first-order valence-electron chi connectivity index (χ1n) is 32.3. The highest BCUT2D eigenvalue weighted by Crippen LogP contribution is 2.38. The van der Waals surface area contributed by atoms with E-state index >= 15 is 0 Å². The number of nitrogens with two attached hydrogens (primary N) is 1. The fourth-order valence-electron chi connectivity index (χ4n) is 12.3. The normalized spacial score (nSPS) is 12.1. The van der Waals surface area contributed by atoms with Crippen LogP contribution in [-0.4, -0.2) is 101 Å². The van der Waals surface area contributed by atoms with Crippen molar-refractivity contribution in [2.75, 3.05) is 42.8 Å². The Morgan fingerprint density at radius 1 is 0.500 bits per heavy atom. The molecule has 3 aliphatic rings. The number of benzene rings is 6. The third-order valence-corrected chi connectivity index (χ3v) is 18.0. The van der Waals surface area contributed by atoms with Gasteiger partial charge in [0.2, 0.25) is 0 Å². The number of nitrogens with zero attached hydrogens (tertiary/aromatic N) is 9. The van der Waals surface area contributed by atoms with Crippen molar-refractivity contribution in [1.29, 1.82) is 0 Å². The summed E-state index contributed by atoms with van der Waals surface area (Å²) >= 11 is 2.19. The molecule has 0 fully saturated rings. The molecule has 6 aromatic heterocycles. The van der Waals surface area contributed by atoms with Crippen LogP contribution in [0.4, 0.5) is 30.6 Å². The van der Waals surface area contributed by atoms with E-state index < -0.39 is 7.12 Å². The van der Waals surface area contributed by atoms with E-state index in [2.05, 4.69) is 121 Å². The first-order chi connectivity index (χ1) is 48.7. The van der Waals surface area contributed by atoms with Gasteiger partial charge in [-0.1, -0.05) is 61.4 Å². The number of hydrogen-bond donors (Lipinski definition) is 6. The predicted molar refractivity (Wildman–Crippen MR) is 390 cm³/mol. The van der Waals surface area contributed by atoms with Gasteiger partial charge in [-0.3, -0.25) is 9.59 Å². The predicted octanol–water partition coefficient (Wildman–Crippen LogP) is 12.5. The molecular formula is C75H70BF3IN13O7. The van der Waals surface area contributed by atoms with Gasteiger partial charge in [-0.05, 0) is 139 Å². The molecule has 15 rings (SSSR count). The summed E-state index contributed by atoms with van der Waals surface area (Å²) in [5, 5.41) is 29.8. The third-order valence-electron chi connectivity index (χ3n) is 17.2. The van der Waals surface area contributed by atoms with E-state index in [9.17, 15) is 22.8 Å². The number of aromatic nitrogens is 9. The van der Waals surface area contributed by atoms with Crippen molar-refractivity contribution in [2.45, 2.75) is 79.4 Å². The van der Waals surface area contributed by atoms with Crippen molar-refractivity contribution >= 4 is 97.9 Å². The van der Waals surface area contributed by atoms with Crippen LogP contribution in [0.25, 0.3) is 55.0 Å². The largest absolute Gasteiger partial charge is 0.493 e. The number of aryl methyl sites for hydroxylation is 4. The number of carbonyl (C=O) groups excluding carboxylic acids is 2. The average Bonchev–Trinajstić information content (AvgIpc) is 1.09. The Balaban J connectivity index is 0.000000139. The number of pyridine rings is 3. The zero-order chi connectivity index (χ0) is 70.4. The highest BCUT2D eigenvalue weighted by atomic mass is 127. The standard InChI is InChI=1S/C26H25FN4O.C24H19FN4O2.C16H12FIN4O.C8H9BO3.CH5N/c1-3-4-17-5-6-18(16(2)11-17)21-14-30-26(22-12-28-15-31-25(21)22)29-13-20-19-9-10-32-24(19)8-7-23(20)27;1-14-8-15(12-30)2-3-16(14)19-11-28-24(20-9-26-13-29-23(19)20)27-10-18-17-6-7-31-22(17)5-4-21(18)25;17-12-1-2-14-9(3-4-23-14)10(12)6-20-16-11-5-19-8-22-15(11)13(18)7-21-16;1-6-4-7(5-10)2-3-8(6)9(11)12;1-2/h5-8,11-12,14-15H,3-4,9-10,13H2,1-2H3,(H,29,30);2-5,8-9,11-13H,6-7,10H2,1H3,(H,27,28);1-2,5,7-8H,3-4,6H2,(H,20,21);2-5,11-12H,1H3;2H2,1H3. The number of carbonyl (C=O) groups is 2. The summed E-state index contributed by atoms with van der Waals surface area (Å²) in [5.74, 6) is 3.42. The lowest BCUT2D eigenvalue weighted by Gasteiger charge is -2.14. The number of nitrogens with one attached hydrogen (secondary N) is 3. The molecule has 0 amide bonds. The minimum absolute atomic E-state index is 0.229. The van der Waals surface area contributed by atoms with Crippen LogP contribution >= 0.6 is 22.6 Å². The average molecular weight is 1460 g/mol. The maximum atomic E-state index is 14.5. The fraction of sp³-hybridized carbons (Fsp3) is 0.213. The summed E-state index contributed by atoms with van der Waals surface area (Å²) in [6, 6.07) is 26.2. The second-order valence-electron chi connectivity index (χ2n) is 23.4. The summed E-state index contributed by atoms with van der Waals surface area (Å²) in [4.78, 5) is 60.8. The molecular weight excluding hydrogens is 1390 g/mol. The van der Waals surface area contributed by atoms with Crippen LogP contribution in [0.1, 0.15) is 89.7 Å². The van der Waals surface area contributed by atoms with Gasteiger partial charge in [0.1, 0.15) is 83.7 Å². The first kappa shape index (κ1) is 70.7. The summed E-state index contributed by atoms with van der Waals surface area (Å²) in [7, 11) is 0.0331. The van der Waals surface area contributed by atoms with Crippen molar-refractivity contribution in [1.82, 2.24) is 44.9 Å². The monoisotopic (exact) mass is 1460 g/mol. The van der Waals surface area contributed by atoms with Crippen LogP contribution in [0.2, 0.25) is 0 Å². The molecule has 0 bridgehead atoms. The highest BCUT2D eigenvalue weighted by molar-refractivity contribution is 14.1. The summed E-state index contributed by atoms with van der Waals surface area (Å²) < 4.78 is 60.8. The Morgan fingerprint density at radius 2 is 0.900 bits per heavy atom. The van der Waals surface area contributed by atoms with Gasteiger partial charge in [0, 0.05) is 132 Å². The highest BCUT2D eigenvalue weighted by Gasteiger charge is 2.24. The minimum atomic E-state index is -1.47. The summed E-state index contributed by atoms with van der Waals surface area (Å²) in [6.07, 6.45) is 20.9. The second-order valence-corrected chi connectivity index (χ2v) is 24.6. The van der Waals surface area contributed by atoms with Gasteiger partial charge in [0.15, 0.2) is 0 Å². The van der Waals surface area contributed by atoms with Crippen LogP contribution in [0.3, 0.4) is 0 Å². The smallest absolute Gasteiger partial charge is 0.488 e. The van der Waals surface area contributed by atoms with Crippen LogP contribution < -0.4 is 41.4 Å². The lowest BCUT2D eigenvalue weighted by atomic mass is 9.77. The Hall–Kier alpha value is -10.6. The van der Waals surface area contributed by atoms with E-state index in [-0.39, 0.29) is 24.0 Å². The SMILES string of the molecule is CCCc1ccc(-c2cnc(NCc3c(F)ccc4c3CCO4)c3cncnc23)c(C)c1.CN.Cc1cc(C=O)ccc1-c1cnc(NCc2c(F)ccc3c2CCO3)c2cncnc12.Cc1cc(C=O)ccc1B(O)O.Fc1ccc2c(c1CNc1ncc(I)c3ncncc13)CCO2. The number of anilines is 3. The van der Waals surface area contributed by atoms with Crippen LogP contribution in [0.5, 0.6) is 17.2 Å². The quantitative estimate of drug-likeness (QED) is 0.0298. The van der Waals surface area contributed by atoms with E-state index in [1.165, 1.54) is 55.1 Å². The number of aldehydes is 2. The molecule has 6 aromatic carbocycles. The topological polar surface area (TPSA) is 280 Å². The lowest BCUT2D eigenvalue weighted by molar-refractivity contribution is 0.111. The molecule has 25 heteroatoms. The molecule has 0 spiro atoms. The second kappa shape index (κ2) is 32.8. The molecule has 0 saturated heterocycles. The third kappa shape index (κ3) is 15.8. The zero-order valence-electron chi connectivity index (χ0n) is 55.4. The van der Waals surface area contributed by atoms with Crippen molar-refractivity contribution in [3.05, 3.63) is 235 Å². The first-order valence-corrected chi connectivity index (χ1v) is 33.4. The van der Waals surface area contributed by atoms with E-state index in [0.29, 0.717) is 102 Å². The molecule has 0 aliphatic carbocycles. The minimum Gasteiger partial charge on any atom is -0.493 e. The molecule has 0 radical (unpaired) electrons. The molecule has 9 heterocycles. The molecule has 508 valence electrons. The van der Waals surface area contributed by atoms with Gasteiger partial charge in [-0.2, -0.15) is 0 Å². The van der Waals surface area contributed by atoms with Gasteiger partial charge < -0.3 is 45.9 Å². The van der Waals surface area contributed by atoms with Crippen molar-refractivity contribution < 1.29 is 47.0 Å². The molecule has 12 aromatic rings. The van der Waals surface area contributed by atoms with Gasteiger partial charge in [-0.25, -0.2) is 58.0 Å². The van der Waals surface area contributed by atoms with Gasteiger partial charge in [-0.15, -0.1) is 0 Å². The molecule has 0 unspecified atom stereocenters. The van der Waals surface area contributed by atoms with Gasteiger partial charge >= 0.3 is 7.12 Å². The summed E-state index contributed by atoms with van der Waals surface area (Å²) in [6.45, 7) is 10.7. The van der Waals surface area contributed by atoms with E-state index in [0.717, 1.165) is 130 Å². The molecule has 3 aliphatic heterocycles. The Bertz CT molecular complexity index is 5000. The molecule has 0 atom stereocenters. The fourth-order valence-corrected chi connectivity index (χ4v) is 12.9. The lowest BCUT2D eigenvalue weighted by Crippen LogP contribution is -2.32. The van der Waals surface area contributed by atoms with E-state index in [1.54, 1.807) is 80.6 Å². The number of hydrogen-bond acceptors (Lipinski definition) is 20. The van der Waals surface area contributed by atoms with Crippen molar-refractivity contribution in [3.63, 3.8) is 0 Å². The van der Waals surface area contributed by atoms with Gasteiger partial charge in [0.25, 0.3) is 0 Å². The van der Waals surface area contributed by atoms with Crippen LogP contribution in [0.15, 0.2) is 147 Å². The van der Waals surface area contributed by atoms with Crippen LogP contribution in [-0.2, 0) is 45.3 Å². The molecule has 0 saturated carbocycles. The number of fused-ring (bicyclic) bond motifs is 6. The number of ether oxygens (including phenoxy) is 3. The summed E-state index contributed by atoms with van der Waals surface area (Å²) in [5.41, 5.74) is 21.1. The number of rotatable bonds is 16. The van der Waals surface area contributed by atoms with E-state index in [4.69, 9.17) is 24.3 Å². The Labute approximate surface area is 588 Å². The van der Waals surface area contributed by atoms with Gasteiger partial charge in [0.05, 0.1) is 56.1 Å². The maximum Gasteiger partial charge on any atom is 0.488 e. The molecule has 100 heavy (non-hydrogen) atoms. The molecule has 7 N–H and O–H groups in total. The number of halogens is 4.